The number of benzene rings is 2. The largest absolute Gasteiger partial charge is 0.492 e. The molecule has 34 heavy (non-hydrogen) atoms. The lowest BCUT2D eigenvalue weighted by atomic mass is 10.0. The average molecular weight is 468 g/mol. The molecule has 184 valence electrons. The number of carbonyl (C=O) groups is 1. The van der Waals surface area contributed by atoms with Gasteiger partial charge in [-0.05, 0) is 56.8 Å². The Labute approximate surface area is 203 Å². The smallest absolute Gasteiger partial charge is 0.254 e. The third-order valence-corrected chi connectivity index (χ3v) is 6.43. The second-order valence-corrected chi connectivity index (χ2v) is 9.31. The quantitative estimate of drug-likeness (QED) is 0.594. The summed E-state index contributed by atoms with van der Waals surface area (Å²) in [5.74, 6) is 1.66. The molecule has 1 amide bonds. The molecule has 2 fully saturated rings. The van der Waals surface area contributed by atoms with Crippen molar-refractivity contribution in [3.05, 3.63) is 59.7 Å². The highest BCUT2D eigenvalue weighted by atomic mass is 16.5. The van der Waals surface area contributed by atoms with Gasteiger partial charge in [-0.1, -0.05) is 18.2 Å². The zero-order chi connectivity index (χ0) is 23.9. The van der Waals surface area contributed by atoms with E-state index in [1.54, 1.807) is 0 Å². The van der Waals surface area contributed by atoms with Crippen LogP contribution in [0.2, 0.25) is 0 Å². The lowest BCUT2D eigenvalue weighted by Crippen LogP contribution is -2.49. The van der Waals surface area contributed by atoms with Gasteiger partial charge in [-0.2, -0.15) is 0 Å². The van der Waals surface area contributed by atoms with Crippen LogP contribution in [0.4, 0.5) is 0 Å². The molecular weight excluding hydrogens is 430 g/mol. The average Bonchev–Trinajstić information content (AvgIpc) is 2.85. The molecule has 0 spiro atoms. The highest BCUT2D eigenvalue weighted by Crippen LogP contribution is 2.27. The van der Waals surface area contributed by atoms with Gasteiger partial charge in [0, 0.05) is 44.8 Å². The number of amides is 1. The third kappa shape index (κ3) is 6.50. The molecule has 2 aliphatic rings. The summed E-state index contributed by atoms with van der Waals surface area (Å²) in [7, 11) is 2.12. The van der Waals surface area contributed by atoms with Crippen LogP contribution in [-0.4, -0.2) is 92.8 Å². The van der Waals surface area contributed by atoms with Gasteiger partial charge in [0.1, 0.15) is 18.1 Å². The molecule has 4 rings (SSSR count). The molecule has 2 heterocycles. The Kier molecular flexibility index (Phi) is 8.43. The molecule has 7 nitrogen and oxygen atoms in total. The molecule has 2 aliphatic heterocycles. The van der Waals surface area contributed by atoms with Gasteiger partial charge in [0.2, 0.25) is 0 Å². The van der Waals surface area contributed by atoms with Crippen molar-refractivity contribution in [2.75, 3.05) is 66.1 Å². The molecule has 7 heteroatoms. The Hall–Kier alpha value is -2.61. The molecule has 2 aromatic rings. The van der Waals surface area contributed by atoms with Crippen molar-refractivity contribution in [1.29, 1.82) is 0 Å². The fourth-order valence-electron chi connectivity index (χ4n) is 4.48. The number of carbonyl (C=O) groups excluding carboxylic acids is 1. The van der Waals surface area contributed by atoms with E-state index in [-0.39, 0.29) is 18.1 Å². The topological polar surface area (TPSA) is 54.5 Å². The summed E-state index contributed by atoms with van der Waals surface area (Å²) in [5, 5.41) is 0. The standard InChI is InChI=1S/C27H37N3O4/c1-21(2)34-24-9-7-22(8-10-24)26-20-30(12-11-28(26)3)27(31)23-5-4-6-25(19-23)33-18-15-29-13-16-32-17-14-29/h4-10,19,21,26H,11-18,20H2,1-3H3/t26-/m1/s1. The first-order valence-electron chi connectivity index (χ1n) is 12.3. The van der Waals surface area contributed by atoms with Gasteiger partial charge in [0.25, 0.3) is 5.91 Å². The van der Waals surface area contributed by atoms with Gasteiger partial charge in [0.15, 0.2) is 0 Å². The van der Waals surface area contributed by atoms with Crippen molar-refractivity contribution in [3.8, 4) is 11.5 Å². The Morgan fingerprint density at radius 3 is 2.53 bits per heavy atom. The normalized spacial score (nSPS) is 19.9. The second-order valence-electron chi connectivity index (χ2n) is 9.31. The zero-order valence-electron chi connectivity index (χ0n) is 20.6. The number of ether oxygens (including phenoxy) is 3. The van der Waals surface area contributed by atoms with E-state index in [0.29, 0.717) is 25.3 Å². The monoisotopic (exact) mass is 467 g/mol. The molecule has 0 unspecified atom stereocenters. The van der Waals surface area contributed by atoms with E-state index in [4.69, 9.17) is 14.2 Å². The minimum absolute atomic E-state index is 0.0523. The van der Waals surface area contributed by atoms with Gasteiger partial charge in [-0.3, -0.25) is 14.6 Å². The molecule has 2 saturated heterocycles. The van der Waals surface area contributed by atoms with Gasteiger partial charge in [-0.15, -0.1) is 0 Å². The summed E-state index contributed by atoms with van der Waals surface area (Å²) in [4.78, 5) is 19.9. The third-order valence-electron chi connectivity index (χ3n) is 6.43. The van der Waals surface area contributed by atoms with E-state index in [9.17, 15) is 4.79 Å². The van der Waals surface area contributed by atoms with Crippen molar-refractivity contribution < 1.29 is 19.0 Å². The molecular formula is C27H37N3O4. The van der Waals surface area contributed by atoms with Crippen molar-refractivity contribution in [2.45, 2.75) is 26.0 Å². The number of piperazine rings is 1. The first-order chi connectivity index (χ1) is 16.5. The Bertz CT molecular complexity index is 928. The number of hydrogen-bond donors (Lipinski definition) is 0. The van der Waals surface area contributed by atoms with Crippen LogP contribution in [0.1, 0.15) is 35.8 Å². The van der Waals surface area contributed by atoms with Gasteiger partial charge < -0.3 is 19.1 Å². The zero-order valence-corrected chi connectivity index (χ0v) is 20.6. The summed E-state index contributed by atoms with van der Waals surface area (Å²) >= 11 is 0. The molecule has 0 aromatic heterocycles. The van der Waals surface area contributed by atoms with Crippen LogP contribution in [0, 0.1) is 0 Å². The fraction of sp³-hybridized carbons (Fsp3) is 0.519. The summed E-state index contributed by atoms with van der Waals surface area (Å²) in [6.45, 7) is 11.2. The minimum atomic E-state index is 0.0523. The predicted octanol–water partition coefficient (Wildman–Crippen LogP) is 3.31. The summed E-state index contributed by atoms with van der Waals surface area (Å²) < 4.78 is 17.1. The molecule has 0 aliphatic carbocycles. The summed E-state index contributed by atoms with van der Waals surface area (Å²) in [6.07, 6.45) is 0.149. The highest BCUT2D eigenvalue weighted by molar-refractivity contribution is 5.94. The second kappa shape index (κ2) is 11.7. The van der Waals surface area contributed by atoms with Gasteiger partial charge in [-0.25, -0.2) is 0 Å². The van der Waals surface area contributed by atoms with Crippen LogP contribution in [0.15, 0.2) is 48.5 Å². The maximum Gasteiger partial charge on any atom is 0.254 e. The SMILES string of the molecule is CC(C)Oc1ccc([C@H]2CN(C(=O)c3cccc(OCCN4CCOCC4)c3)CCN2C)cc1. The van der Waals surface area contributed by atoms with E-state index in [1.165, 1.54) is 5.56 Å². The lowest BCUT2D eigenvalue weighted by molar-refractivity contribution is 0.0322. The summed E-state index contributed by atoms with van der Waals surface area (Å²) in [6, 6.07) is 16.0. The van der Waals surface area contributed by atoms with E-state index in [1.807, 2.05) is 55.1 Å². The Morgan fingerprint density at radius 2 is 1.79 bits per heavy atom. The van der Waals surface area contributed by atoms with Crippen LogP contribution in [0.3, 0.4) is 0 Å². The van der Waals surface area contributed by atoms with Crippen molar-refractivity contribution >= 4 is 5.91 Å². The number of hydrogen-bond acceptors (Lipinski definition) is 6. The minimum Gasteiger partial charge on any atom is -0.492 e. The Balaban J connectivity index is 1.36. The Morgan fingerprint density at radius 1 is 1.03 bits per heavy atom. The van der Waals surface area contributed by atoms with Crippen molar-refractivity contribution in [1.82, 2.24) is 14.7 Å². The molecule has 0 N–H and O–H groups in total. The fourth-order valence-corrected chi connectivity index (χ4v) is 4.48. The van der Waals surface area contributed by atoms with Crippen molar-refractivity contribution in [3.63, 3.8) is 0 Å². The first-order valence-corrected chi connectivity index (χ1v) is 12.3. The molecule has 0 radical (unpaired) electrons. The first kappa shape index (κ1) is 24.5. The summed E-state index contributed by atoms with van der Waals surface area (Å²) in [5.41, 5.74) is 1.86. The van der Waals surface area contributed by atoms with Crippen LogP contribution in [0.5, 0.6) is 11.5 Å². The lowest BCUT2D eigenvalue weighted by Gasteiger charge is -2.39. The van der Waals surface area contributed by atoms with Gasteiger partial charge in [0.05, 0.1) is 25.4 Å². The van der Waals surface area contributed by atoms with Crippen LogP contribution in [0.25, 0.3) is 0 Å². The highest BCUT2D eigenvalue weighted by Gasteiger charge is 2.29. The maximum absolute atomic E-state index is 13.3. The van der Waals surface area contributed by atoms with E-state index < -0.39 is 0 Å². The van der Waals surface area contributed by atoms with Crippen LogP contribution >= 0.6 is 0 Å². The predicted molar refractivity (Wildman–Crippen MR) is 133 cm³/mol. The molecule has 2 aromatic carbocycles. The van der Waals surface area contributed by atoms with Gasteiger partial charge >= 0.3 is 0 Å². The number of morpholine rings is 1. The van der Waals surface area contributed by atoms with Crippen molar-refractivity contribution in [2.24, 2.45) is 0 Å². The maximum atomic E-state index is 13.3. The molecule has 1 atom stereocenters. The van der Waals surface area contributed by atoms with Crippen LogP contribution < -0.4 is 9.47 Å². The molecule has 0 saturated carbocycles. The number of nitrogens with zero attached hydrogens (tertiary/aromatic N) is 3. The van der Waals surface area contributed by atoms with E-state index in [2.05, 4.69) is 29.0 Å². The number of rotatable bonds is 8. The molecule has 0 bridgehead atoms. The number of likely N-dealkylation sites (N-methyl/N-ethyl adjacent to an activating group) is 1. The van der Waals surface area contributed by atoms with E-state index in [0.717, 1.165) is 50.9 Å². The van der Waals surface area contributed by atoms with Crippen LogP contribution in [-0.2, 0) is 4.74 Å². The van der Waals surface area contributed by atoms with E-state index >= 15 is 0 Å².